The van der Waals surface area contributed by atoms with E-state index < -0.39 is 0 Å². The van der Waals surface area contributed by atoms with Gasteiger partial charge < -0.3 is 4.90 Å². The lowest BCUT2D eigenvalue weighted by molar-refractivity contribution is -0.113. The van der Waals surface area contributed by atoms with Crippen molar-refractivity contribution in [3.8, 4) is 0 Å². The Bertz CT molecular complexity index is 1000. The maximum atomic E-state index is 12.6. The van der Waals surface area contributed by atoms with Crippen molar-refractivity contribution in [3.05, 3.63) is 53.3 Å². The number of thioether (sulfide) groups is 1. The molecule has 0 spiro atoms. The standard InChI is InChI=1S/C24H28N4O2S2/c1-15-8-16(2)13-28(12-15)24(31)32-14-22(30)27-23-25-11-19-20(26-23)9-18(10-21(19)29)17-6-4-3-5-7-17/h3-7,11,15-16,18H,8-10,12-14H2,1-2H3,(H,25,26,27,30)/t15-,16-,18+/m0/s1. The topological polar surface area (TPSA) is 75.2 Å². The van der Waals surface area contributed by atoms with Crippen LogP contribution in [0.2, 0.25) is 0 Å². The molecule has 1 aromatic carbocycles. The van der Waals surface area contributed by atoms with Gasteiger partial charge in [0.05, 0.1) is 17.0 Å². The van der Waals surface area contributed by atoms with E-state index in [-0.39, 0.29) is 29.3 Å². The molecule has 2 aromatic rings. The summed E-state index contributed by atoms with van der Waals surface area (Å²) in [6.07, 6.45) is 3.86. The average molecular weight is 469 g/mol. The van der Waals surface area contributed by atoms with Gasteiger partial charge in [0.25, 0.3) is 0 Å². The first-order valence-corrected chi connectivity index (χ1v) is 12.4. The lowest BCUT2D eigenvalue weighted by atomic mass is 9.82. The van der Waals surface area contributed by atoms with Gasteiger partial charge in [-0.05, 0) is 36.2 Å². The summed E-state index contributed by atoms with van der Waals surface area (Å²) in [5.74, 6) is 1.61. The summed E-state index contributed by atoms with van der Waals surface area (Å²) in [4.78, 5) is 36.0. The second-order valence-electron chi connectivity index (χ2n) is 8.95. The van der Waals surface area contributed by atoms with E-state index >= 15 is 0 Å². The molecule has 1 aromatic heterocycles. The summed E-state index contributed by atoms with van der Waals surface area (Å²) < 4.78 is 0.765. The zero-order chi connectivity index (χ0) is 22.7. The molecule has 4 rings (SSSR count). The third-order valence-electron chi connectivity index (χ3n) is 6.02. The van der Waals surface area contributed by atoms with E-state index in [2.05, 4.69) is 34.0 Å². The van der Waals surface area contributed by atoms with Crippen molar-refractivity contribution in [1.82, 2.24) is 14.9 Å². The number of fused-ring (bicyclic) bond motifs is 1. The lowest BCUT2D eigenvalue weighted by Gasteiger charge is -2.36. The minimum absolute atomic E-state index is 0.0453. The highest BCUT2D eigenvalue weighted by Crippen LogP contribution is 2.32. The van der Waals surface area contributed by atoms with Gasteiger partial charge in [0.2, 0.25) is 11.9 Å². The third-order valence-corrected chi connectivity index (χ3v) is 7.54. The Morgan fingerprint density at radius 2 is 1.91 bits per heavy atom. The van der Waals surface area contributed by atoms with Gasteiger partial charge in [-0.25, -0.2) is 9.97 Å². The zero-order valence-electron chi connectivity index (χ0n) is 18.4. The van der Waals surface area contributed by atoms with E-state index in [4.69, 9.17) is 12.2 Å². The number of thiocarbonyl (C=S) groups is 1. The van der Waals surface area contributed by atoms with E-state index in [1.54, 1.807) is 0 Å². The molecule has 1 amide bonds. The number of anilines is 1. The number of nitrogens with one attached hydrogen (secondary N) is 1. The van der Waals surface area contributed by atoms with Gasteiger partial charge in [-0.2, -0.15) is 0 Å². The highest BCUT2D eigenvalue weighted by Gasteiger charge is 2.28. The molecule has 1 aliphatic carbocycles. The monoisotopic (exact) mass is 468 g/mol. The number of hydrogen-bond donors (Lipinski definition) is 1. The van der Waals surface area contributed by atoms with E-state index in [0.29, 0.717) is 35.9 Å². The van der Waals surface area contributed by atoms with Gasteiger partial charge in [0.1, 0.15) is 4.32 Å². The minimum atomic E-state index is -0.197. The number of carbonyl (C=O) groups is 2. The van der Waals surface area contributed by atoms with Crippen LogP contribution in [0.5, 0.6) is 0 Å². The first kappa shape index (κ1) is 22.9. The van der Waals surface area contributed by atoms with Crippen molar-refractivity contribution in [2.75, 3.05) is 24.2 Å². The number of benzene rings is 1. The molecule has 32 heavy (non-hydrogen) atoms. The van der Waals surface area contributed by atoms with Crippen LogP contribution in [0.3, 0.4) is 0 Å². The second-order valence-corrected chi connectivity index (χ2v) is 10.6. The lowest BCUT2D eigenvalue weighted by Crippen LogP contribution is -2.41. The number of rotatable bonds is 4. The summed E-state index contributed by atoms with van der Waals surface area (Å²) in [6, 6.07) is 10.0. The van der Waals surface area contributed by atoms with Crippen LogP contribution in [0, 0.1) is 11.8 Å². The van der Waals surface area contributed by atoms with Crippen molar-refractivity contribution in [3.63, 3.8) is 0 Å². The first-order chi connectivity index (χ1) is 15.4. The average Bonchev–Trinajstić information content (AvgIpc) is 2.77. The summed E-state index contributed by atoms with van der Waals surface area (Å²) in [7, 11) is 0. The summed E-state index contributed by atoms with van der Waals surface area (Å²) in [6.45, 7) is 6.37. The molecule has 1 N–H and O–H groups in total. The Hall–Kier alpha value is -2.32. The summed E-state index contributed by atoms with van der Waals surface area (Å²) in [5, 5.41) is 2.77. The molecular weight excluding hydrogens is 440 g/mol. The SMILES string of the molecule is C[C@H]1C[C@H](C)CN(C(=S)SCC(=O)Nc2ncc3c(n2)C[C@@H](c2ccccc2)CC3=O)C1. The number of aromatic nitrogens is 2. The van der Waals surface area contributed by atoms with E-state index in [9.17, 15) is 9.59 Å². The summed E-state index contributed by atoms with van der Waals surface area (Å²) in [5.41, 5.74) is 2.38. The molecule has 0 radical (unpaired) electrons. The number of ketones is 1. The van der Waals surface area contributed by atoms with Crippen LogP contribution in [-0.4, -0.2) is 49.7 Å². The van der Waals surface area contributed by atoms with Crippen LogP contribution < -0.4 is 5.32 Å². The Labute approximate surface area is 198 Å². The predicted molar refractivity (Wildman–Crippen MR) is 132 cm³/mol. The van der Waals surface area contributed by atoms with Crippen LogP contribution in [0.25, 0.3) is 0 Å². The molecule has 2 heterocycles. The van der Waals surface area contributed by atoms with E-state index in [0.717, 1.165) is 23.0 Å². The number of carbonyl (C=O) groups excluding carboxylic acids is 2. The van der Waals surface area contributed by atoms with Crippen molar-refractivity contribution in [2.45, 2.75) is 39.0 Å². The molecule has 6 nitrogen and oxygen atoms in total. The molecule has 1 saturated heterocycles. The van der Waals surface area contributed by atoms with Crippen LogP contribution in [0.4, 0.5) is 5.95 Å². The number of piperidine rings is 1. The maximum absolute atomic E-state index is 12.6. The zero-order valence-corrected chi connectivity index (χ0v) is 20.0. The Morgan fingerprint density at radius 1 is 1.19 bits per heavy atom. The Balaban J connectivity index is 1.35. The van der Waals surface area contributed by atoms with Gasteiger partial charge in [0.15, 0.2) is 5.78 Å². The van der Waals surface area contributed by atoms with Gasteiger partial charge in [-0.3, -0.25) is 14.9 Å². The third kappa shape index (κ3) is 5.53. The minimum Gasteiger partial charge on any atom is -0.357 e. The molecule has 3 atom stereocenters. The van der Waals surface area contributed by atoms with Crippen LogP contribution >= 0.6 is 24.0 Å². The fraction of sp³-hybridized carbons (Fsp3) is 0.458. The van der Waals surface area contributed by atoms with Gasteiger partial charge in [-0.15, -0.1) is 0 Å². The van der Waals surface area contributed by atoms with Gasteiger partial charge in [0, 0.05) is 25.7 Å². The normalized spacial score (nSPS) is 22.9. The van der Waals surface area contributed by atoms with Crippen molar-refractivity contribution in [2.24, 2.45) is 11.8 Å². The van der Waals surface area contributed by atoms with Gasteiger partial charge >= 0.3 is 0 Å². The molecule has 2 aliphatic rings. The molecule has 8 heteroatoms. The maximum Gasteiger partial charge on any atom is 0.237 e. The molecule has 1 aliphatic heterocycles. The van der Waals surface area contributed by atoms with Gasteiger partial charge in [-0.1, -0.05) is 68.2 Å². The number of nitrogens with zero attached hydrogens (tertiary/aromatic N) is 3. The van der Waals surface area contributed by atoms with Crippen LogP contribution in [-0.2, 0) is 11.2 Å². The fourth-order valence-corrected chi connectivity index (χ4v) is 5.64. The van der Waals surface area contributed by atoms with Crippen LogP contribution in [0.15, 0.2) is 36.5 Å². The highest BCUT2D eigenvalue weighted by atomic mass is 32.2. The Kier molecular flexibility index (Phi) is 7.20. The number of likely N-dealkylation sites (tertiary alicyclic amines) is 1. The number of Topliss-reactive ketones (excluding diaryl/α,β-unsaturated/α-hetero) is 1. The van der Waals surface area contributed by atoms with E-state index in [1.807, 2.05) is 30.3 Å². The first-order valence-electron chi connectivity index (χ1n) is 11.0. The molecular formula is C24H28N4O2S2. The molecule has 0 bridgehead atoms. The largest absolute Gasteiger partial charge is 0.357 e. The van der Waals surface area contributed by atoms with Crippen molar-refractivity contribution in [1.29, 1.82) is 0 Å². The fourth-order valence-electron chi connectivity index (χ4n) is 4.66. The molecule has 0 saturated carbocycles. The molecule has 168 valence electrons. The predicted octanol–water partition coefficient (Wildman–Crippen LogP) is 4.32. The highest BCUT2D eigenvalue weighted by molar-refractivity contribution is 8.23. The smallest absolute Gasteiger partial charge is 0.237 e. The number of amides is 1. The number of hydrogen-bond acceptors (Lipinski definition) is 6. The second kappa shape index (κ2) is 10.1. The Morgan fingerprint density at radius 3 is 2.62 bits per heavy atom. The van der Waals surface area contributed by atoms with Crippen molar-refractivity contribution < 1.29 is 9.59 Å². The van der Waals surface area contributed by atoms with Crippen molar-refractivity contribution >= 4 is 45.9 Å². The summed E-state index contributed by atoms with van der Waals surface area (Å²) >= 11 is 6.93. The van der Waals surface area contributed by atoms with Crippen LogP contribution in [0.1, 0.15) is 54.2 Å². The molecule has 1 fully saturated rings. The molecule has 0 unspecified atom stereocenters. The van der Waals surface area contributed by atoms with E-state index in [1.165, 1.54) is 24.4 Å². The quantitative estimate of drug-likeness (QED) is 0.670.